The van der Waals surface area contributed by atoms with E-state index >= 15 is 0 Å². The van der Waals surface area contributed by atoms with Gasteiger partial charge in [0.05, 0.1) is 10.0 Å². The Morgan fingerprint density at radius 3 is 2.19 bits per heavy atom. The van der Waals surface area contributed by atoms with E-state index in [0.29, 0.717) is 56.7 Å². The number of aliphatic carboxylic acids is 1. The normalized spacial score (nSPS) is 15.9. The number of carbonyl (C=O) groups is 4. The SMILES string of the molecule is Cc1nc(C(=O)N2Cc3cc4c(cc3C[C@H]2C(=O)NC(Cc2ccc(-c3ccc(C(N)=O)cc3)cc2)C(=O)O)OC[C@H](c2ccc(OCc3ccc(Cl)c(Cl)c3)cc2)O4)c(C)o1. The van der Waals surface area contributed by atoms with Gasteiger partial charge in [0.15, 0.2) is 29.2 Å². The van der Waals surface area contributed by atoms with Gasteiger partial charge < -0.3 is 39.7 Å². The number of ether oxygens (including phenoxy) is 3. The predicted molar refractivity (Wildman–Crippen MR) is 230 cm³/mol. The molecule has 0 saturated heterocycles. The van der Waals surface area contributed by atoms with Gasteiger partial charge >= 0.3 is 5.97 Å². The maximum Gasteiger partial charge on any atom is 0.326 e. The molecule has 15 heteroatoms. The van der Waals surface area contributed by atoms with Gasteiger partial charge in [0.2, 0.25) is 11.8 Å². The van der Waals surface area contributed by atoms with Gasteiger partial charge in [-0.1, -0.05) is 77.8 Å². The third-order valence-corrected chi connectivity index (χ3v) is 11.6. The number of carbonyl (C=O) groups excluding carboxylic acids is 3. The molecule has 2 aliphatic rings. The Labute approximate surface area is 366 Å². The van der Waals surface area contributed by atoms with E-state index in [1.54, 1.807) is 62.4 Å². The van der Waals surface area contributed by atoms with Crippen LogP contribution in [0.15, 0.2) is 108 Å². The quantitative estimate of drug-likeness (QED) is 0.110. The van der Waals surface area contributed by atoms with Crippen LogP contribution in [0.2, 0.25) is 10.0 Å². The van der Waals surface area contributed by atoms with Crippen molar-refractivity contribution in [1.82, 2.24) is 15.2 Å². The summed E-state index contributed by atoms with van der Waals surface area (Å²) in [7, 11) is 0. The first kappa shape index (κ1) is 41.9. The highest BCUT2D eigenvalue weighted by molar-refractivity contribution is 6.42. The lowest BCUT2D eigenvalue weighted by atomic mass is 9.91. The van der Waals surface area contributed by atoms with Gasteiger partial charge in [-0.2, -0.15) is 0 Å². The number of carboxylic acid groups (broad SMARTS) is 1. The number of oxazole rings is 1. The lowest BCUT2D eigenvalue weighted by molar-refractivity contribution is -0.142. The monoisotopic (exact) mass is 874 g/mol. The van der Waals surface area contributed by atoms with Crippen molar-refractivity contribution in [3.63, 3.8) is 0 Å². The van der Waals surface area contributed by atoms with Crippen molar-refractivity contribution >= 4 is 46.9 Å². The number of hydrogen-bond donors (Lipinski definition) is 3. The highest BCUT2D eigenvalue weighted by Gasteiger charge is 2.39. The molecule has 1 aromatic heterocycles. The minimum atomic E-state index is -1.31. The molecule has 316 valence electrons. The number of carboxylic acids is 1. The van der Waals surface area contributed by atoms with Gasteiger partial charge in [0.25, 0.3) is 5.91 Å². The topological polar surface area (TPSA) is 184 Å². The summed E-state index contributed by atoms with van der Waals surface area (Å²) in [5.74, 6) is -0.732. The van der Waals surface area contributed by atoms with E-state index < -0.39 is 41.9 Å². The highest BCUT2D eigenvalue weighted by atomic mass is 35.5. The van der Waals surface area contributed by atoms with Crippen LogP contribution in [0.25, 0.3) is 11.1 Å². The second-order valence-electron chi connectivity index (χ2n) is 15.1. The average Bonchev–Trinajstić information content (AvgIpc) is 3.62. The molecule has 0 saturated carbocycles. The largest absolute Gasteiger partial charge is 0.489 e. The molecular formula is C47H40Cl2N4O9. The number of benzene rings is 5. The molecule has 1 unspecified atom stereocenters. The van der Waals surface area contributed by atoms with Crippen molar-refractivity contribution in [1.29, 1.82) is 0 Å². The van der Waals surface area contributed by atoms with Crippen LogP contribution in [0.5, 0.6) is 17.2 Å². The van der Waals surface area contributed by atoms with Crippen LogP contribution >= 0.6 is 23.2 Å². The number of aromatic nitrogens is 1. The Bertz CT molecular complexity index is 2680. The number of nitrogens with one attached hydrogen (secondary N) is 1. The zero-order valence-corrected chi connectivity index (χ0v) is 35.0. The number of amides is 3. The average molecular weight is 876 g/mol. The van der Waals surface area contributed by atoms with Crippen molar-refractivity contribution in [3.05, 3.63) is 164 Å². The van der Waals surface area contributed by atoms with Crippen molar-refractivity contribution < 1.29 is 42.9 Å². The summed E-state index contributed by atoms with van der Waals surface area (Å²) in [5, 5.41) is 13.9. The van der Waals surface area contributed by atoms with Crippen LogP contribution in [-0.2, 0) is 35.6 Å². The molecule has 13 nitrogen and oxygen atoms in total. The summed E-state index contributed by atoms with van der Waals surface area (Å²) in [6.07, 6.45) is -0.388. The molecule has 3 heterocycles. The fourth-order valence-electron chi connectivity index (χ4n) is 7.57. The minimum Gasteiger partial charge on any atom is -0.489 e. The Balaban J connectivity index is 0.983. The van der Waals surface area contributed by atoms with Crippen molar-refractivity contribution in [2.75, 3.05) is 6.61 Å². The lowest BCUT2D eigenvalue weighted by Gasteiger charge is -2.37. The third kappa shape index (κ3) is 9.09. The molecule has 0 bridgehead atoms. The fraction of sp³-hybridized carbons (Fsp3) is 0.213. The van der Waals surface area contributed by atoms with E-state index in [0.717, 1.165) is 33.4 Å². The first-order valence-electron chi connectivity index (χ1n) is 19.7. The number of nitrogens with zero attached hydrogens (tertiary/aromatic N) is 2. The van der Waals surface area contributed by atoms with Crippen LogP contribution < -0.4 is 25.3 Å². The molecule has 5 aromatic carbocycles. The molecule has 4 N–H and O–H groups in total. The summed E-state index contributed by atoms with van der Waals surface area (Å²) in [5.41, 5.74) is 11.4. The molecule has 0 fully saturated rings. The zero-order chi connectivity index (χ0) is 43.7. The molecule has 3 amide bonds. The van der Waals surface area contributed by atoms with E-state index in [9.17, 15) is 24.3 Å². The second kappa shape index (κ2) is 17.6. The first-order chi connectivity index (χ1) is 29.8. The van der Waals surface area contributed by atoms with Crippen LogP contribution in [0.1, 0.15) is 66.4 Å². The van der Waals surface area contributed by atoms with Crippen LogP contribution in [0.4, 0.5) is 0 Å². The van der Waals surface area contributed by atoms with Crippen LogP contribution in [-0.4, -0.2) is 57.4 Å². The Morgan fingerprint density at radius 2 is 1.55 bits per heavy atom. The van der Waals surface area contributed by atoms with Crippen molar-refractivity contribution in [2.45, 2.75) is 58.0 Å². The number of rotatable bonds is 12. The number of fused-ring (bicyclic) bond motifs is 2. The smallest absolute Gasteiger partial charge is 0.326 e. The van der Waals surface area contributed by atoms with Gasteiger partial charge in [0.1, 0.15) is 36.8 Å². The number of halogens is 2. The van der Waals surface area contributed by atoms with Crippen molar-refractivity contribution in [3.8, 4) is 28.4 Å². The molecular weight excluding hydrogens is 835 g/mol. The molecule has 6 aromatic rings. The minimum absolute atomic E-state index is 0.00337. The highest BCUT2D eigenvalue weighted by Crippen LogP contribution is 2.41. The first-order valence-corrected chi connectivity index (χ1v) is 20.4. The van der Waals surface area contributed by atoms with Crippen molar-refractivity contribution in [2.24, 2.45) is 5.73 Å². The van der Waals surface area contributed by atoms with E-state index in [2.05, 4.69) is 10.3 Å². The number of hydrogen-bond acceptors (Lipinski definition) is 9. The summed E-state index contributed by atoms with van der Waals surface area (Å²) >= 11 is 12.2. The van der Waals surface area contributed by atoms with Crippen LogP contribution in [0, 0.1) is 13.8 Å². The standard InChI is InChI=1S/C47H40Cl2N4O9/c1-25-43(51-26(2)61-25)46(56)53-22-34-21-41-40(60-24-42(62-41)31-12-14-35(15-13-31)59-23-28-5-16-36(48)37(49)17-28)20-33(34)19-39(53)45(55)52-38(47(57)58)18-27-3-6-29(7-4-27)30-8-10-32(11-9-30)44(50)54/h3-17,20-21,38-39,42H,18-19,22-24H2,1-2H3,(H2,50,54)(H,52,55)(H,57,58)/t38?,39-,42+/m0/s1. The summed E-state index contributed by atoms with van der Waals surface area (Å²) in [6, 6.07) is 28.1. The van der Waals surface area contributed by atoms with Gasteiger partial charge in [-0.15, -0.1) is 0 Å². The second-order valence-corrected chi connectivity index (χ2v) is 15.9. The summed E-state index contributed by atoms with van der Waals surface area (Å²) in [4.78, 5) is 58.1. The maximum absolute atomic E-state index is 14.2. The molecule has 8 rings (SSSR count). The van der Waals surface area contributed by atoms with Gasteiger partial charge in [-0.3, -0.25) is 14.4 Å². The zero-order valence-electron chi connectivity index (χ0n) is 33.5. The maximum atomic E-state index is 14.2. The third-order valence-electron chi connectivity index (χ3n) is 10.9. The molecule has 2 aliphatic heterocycles. The predicted octanol–water partition coefficient (Wildman–Crippen LogP) is 7.83. The molecule has 62 heavy (non-hydrogen) atoms. The van der Waals surface area contributed by atoms with Gasteiger partial charge in [0, 0.05) is 31.9 Å². The Hall–Kier alpha value is -6.83. The summed E-state index contributed by atoms with van der Waals surface area (Å²) in [6.45, 7) is 3.78. The Morgan fingerprint density at radius 1 is 0.871 bits per heavy atom. The van der Waals surface area contributed by atoms with E-state index in [4.69, 9.17) is 47.6 Å². The molecule has 0 aliphatic carbocycles. The number of nitrogens with two attached hydrogens (primary N) is 1. The van der Waals surface area contributed by atoms with E-state index in [1.165, 1.54) is 4.90 Å². The fourth-order valence-corrected chi connectivity index (χ4v) is 7.89. The molecule has 0 spiro atoms. The number of primary amides is 1. The van der Waals surface area contributed by atoms with E-state index in [-0.39, 0.29) is 31.7 Å². The lowest BCUT2D eigenvalue weighted by Crippen LogP contribution is -2.56. The van der Waals surface area contributed by atoms with E-state index in [1.807, 2.05) is 54.6 Å². The summed E-state index contributed by atoms with van der Waals surface area (Å²) < 4.78 is 24.2. The van der Waals surface area contributed by atoms with Gasteiger partial charge in [-0.05, 0) is 94.4 Å². The molecule has 0 radical (unpaired) electrons. The molecule has 3 atom stereocenters. The van der Waals surface area contributed by atoms with Crippen LogP contribution in [0.3, 0.4) is 0 Å². The Kier molecular flexibility index (Phi) is 11.9. The van der Waals surface area contributed by atoms with Gasteiger partial charge in [-0.25, -0.2) is 9.78 Å². The number of aryl methyl sites for hydroxylation is 2.